The molecule has 0 unspecified atom stereocenters. The normalized spacial score (nSPS) is 11.0. The third-order valence-electron chi connectivity index (χ3n) is 5.02. The smallest absolute Gasteiger partial charge is 0.234 e. The number of rotatable bonds is 9. The van der Waals surface area contributed by atoms with Crippen LogP contribution in [0.5, 0.6) is 0 Å². The third kappa shape index (κ3) is 6.27. The van der Waals surface area contributed by atoms with Crippen LogP contribution in [0.2, 0.25) is 0 Å². The second-order valence-electron chi connectivity index (χ2n) is 7.79. The van der Waals surface area contributed by atoms with Crippen molar-refractivity contribution in [2.75, 3.05) is 11.1 Å². The van der Waals surface area contributed by atoms with Gasteiger partial charge in [-0.05, 0) is 47.9 Å². The molecule has 0 spiro atoms. The average Bonchev–Trinajstić information content (AvgIpc) is 3.26. The number of hydrogen-bond donors (Lipinski definition) is 1. The van der Waals surface area contributed by atoms with E-state index in [0.29, 0.717) is 16.8 Å². The highest BCUT2D eigenvalue weighted by Crippen LogP contribution is 2.27. The summed E-state index contributed by atoms with van der Waals surface area (Å²) in [6.07, 6.45) is 0. The van der Waals surface area contributed by atoms with Gasteiger partial charge < -0.3 is 5.32 Å². The molecule has 0 aliphatic carbocycles. The van der Waals surface area contributed by atoms with Crippen LogP contribution in [-0.2, 0) is 10.5 Å². The Labute approximate surface area is 203 Å². The van der Waals surface area contributed by atoms with Crippen molar-refractivity contribution in [1.29, 1.82) is 0 Å². The van der Waals surface area contributed by atoms with E-state index in [1.807, 2.05) is 65.2 Å². The number of aromatic nitrogens is 3. The topological polar surface area (TPSA) is 59.8 Å². The maximum atomic E-state index is 12.6. The van der Waals surface area contributed by atoms with Crippen LogP contribution in [0, 0.1) is 0 Å². The Bertz CT molecular complexity index is 1180. The van der Waals surface area contributed by atoms with Crippen LogP contribution in [0.4, 0.5) is 5.69 Å². The Morgan fingerprint density at radius 2 is 1.55 bits per heavy atom. The molecule has 0 saturated heterocycles. The highest BCUT2D eigenvalue weighted by Gasteiger charge is 2.16. The first-order valence-electron chi connectivity index (χ1n) is 10.8. The zero-order valence-corrected chi connectivity index (χ0v) is 20.3. The van der Waals surface area contributed by atoms with Gasteiger partial charge in [0.2, 0.25) is 5.91 Å². The Kier molecular flexibility index (Phi) is 7.86. The van der Waals surface area contributed by atoms with Crippen molar-refractivity contribution >= 4 is 35.1 Å². The number of amides is 1. The Balaban J connectivity index is 1.45. The molecule has 1 heterocycles. The Hall–Kier alpha value is -3.03. The molecule has 168 valence electrons. The zero-order chi connectivity index (χ0) is 23.0. The molecule has 0 atom stereocenters. The third-order valence-corrected chi connectivity index (χ3v) is 6.96. The molecule has 7 heteroatoms. The summed E-state index contributed by atoms with van der Waals surface area (Å²) < 4.78 is 2.03. The molecular formula is C26H26N4OS2. The van der Waals surface area contributed by atoms with Gasteiger partial charge in [-0.2, -0.15) is 0 Å². The molecule has 5 nitrogen and oxygen atoms in total. The van der Waals surface area contributed by atoms with Crippen molar-refractivity contribution in [3.63, 3.8) is 0 Å². The standard InChI is InChI=1S/C26H26N4OS2/c1-19(2)20-13-15-21(16-14-20)27-25(31)18-33-26-29-28-24(17-32-23-11-7-4-8-12-23)30(26)22-9-5-3-6-10-22/h3-16,19H,17-18H2,1-2H3,(H,27,31). The molecule has 4 aromatic rings. The highest BCUT2D eigenvalue weighted by molar-refractivity contribution is 7.99. The van der Waals surface area contributed by atoms with Gasteiger partial charge >= 0.3 is 0 Å². The van der Waals surface area contributed by atoms with Gasteiger partial charge in [0.1, 0.15) is 5.82 Å². The van der Waals surface area contributed by atoms with Crippen molar-refractivity contribution in [2.24, 2.45) is 0 Å². The first-order valence-corrected chi connectivity index (χ1v) is 12.8. The highest BCUT2D eigenvalue weighted by atomic mass is 32.2. The predicted molar refractivity (Wildman–Crippen MR) is 137 cm³/mol. The first-order chi connectivity index (χ1) is 16.1. The molecular weight excluding hydrogens is 448 g/mol. The Morgan fingerprint density at radius 1 is 0.879 bits per heavy atom. The molecule has 0 fully saturated rings. The van der Waals surface area contributed by atoms with Gasteiger partial charge in [-0.3, -0.25) is 9.36 Å². The molecule has 1 N–H and O–H groups in total. The lowest BCUT2D eigenvalue weighted by atomic mass is 10.0. The van der Waals surface area contributed by atoms with Crippen molar-refractivity contribution in [3.8, 4) is 5.69 Å². The summed E-state index contributed by atoms with van der Waals surface area (Å²) in [6.45, 7) is 4.31. The van der Waals surface area contributed by atoms with Gasteiger partial charge in [0.25, 0.3) is 0 Å². The number of carbonyl (C=O) groups is 1. The van der Waals surface area contributed by atoms with Gasteiger partial charge in [-0.1, -0.05) is 74.1 Å². The summed E-state index contributed by atoms with van der Waals surface area (Å²) in [4.78, 5) is 13.8. The van der Waals surface area contributed by atoms with Crippen LogP contribution in [0.3, 0.4) is 0 Å². The number of para-hydroxylation sites is 1. The first kappa shape index (κ1) is 23.1. The summed E-state index contributed by atoms with van der Waals surface area (Å²) in [6, 6.07) is 28.3. The lowest BCUT2D eigenvalue weighted by Gasteiger charge is -2.11. The van der Waals surface area contributed by atoms with Crippen LogP contribution in [0.15, 0.2) is 95.0 Å². The molecule has 0 saturated carbocycles. The summed E-state index contributed by atoms with van der Waals surface area (Å²) in [5, 5.41) is 12.5. The minimum Gasteiger partial charge on any atom is -0.325 e. The zero-order valence-electron chi connectivity index (χ0n) is 18.6. The van der Waals surface area contributed by atoms with Crippen molar-refractivity contribution in [2.45, 2.75) is 35.6 Å². The van der Waals surface area contributed by atoms with Gasteiger partial charge in [0.05, 0.1) is 11.5 Å². The number of nitrogens with one attached hydrogen (secondary N) is 1. The number of anilines is 1. The molecule has 3 aromatic carbocycles. The summed E-state index contributed by atoms with van der Waals surface area (Å²) >= 11 is 3.10. The van der Waals surface area contributed by atoms with Crippen molar-refractivity contribution in [1.82, 2.24) is 14.8 Å². The van der Waals surface area contributed by atoms with Gasteiger partial charge in [0.15, 0.2) is 5.16 Å². The molecule has 0 aliphatic rings. The van der Waals surface area contributed by atoms with Crippen molar-refractivity contribution in [3.05, 3.63) is 96.3 Å². The van der Waals surface area contributed by atoms with E-state index in [0.717, 1.165) is 17.2 Å². The SMILES string of the molecule is CC(C)c1ccc(NC(=O)CSc2nnc(CSc3ccccc3)n2-c2ccccc2)cc1. The van der Waals surface area contributed by atoms with E-state index in [4.69, 9.17) is 0 Å². The predicted octanol–water partition coefficient (Wildman–Crippen LogP) is 6.41. The monoisotopic (exact) mass is 474 g/mol. The lowest BCUT2D eigenvalue weighted by molar-refractivity contribution is -0.113. The van der Waals surface area contributed by atoms with Crippen LogP contribution in [-0.4, -0.2) is 26.4 Å². The van der Waals surface area contributed by atoms with E-state index >= 15 is 0 Å². The fraction of sp³-hybridized carbons (Fsp3) is 0.192. The maximum Gasteiger partial charge on any atom is 0.234 e. The van der Waals surface area contributed by atoms with E-state index in [9.17, 15) is 4.79 Å². The second kappa shape index (κ2) is 11.2. The summed E-state index contributed by atoms with van der Waals surface area (Å²) in [5.41, 5.74) is 3.03. The maximum absolute atomic E-state index is 12.6. The summed E-state index contributed by atoms with van der Waals surface area (Å²) in [5.74, 6) is 2.18. The van der Waals surface area contributed by atoms with E-state index in [1.54, 1.807) is 11.8 Å². The van der Waals surface area contributed by atoms with E-state index in [2.05, 4.69) is 53.6 Å². The van der Waals surface area contributed by atoms with E-state index in [1.165, 1.54) is 22.2 Å². The van der Waals surface area contributed by atoms with E-state index < -0.39 is 0 Å². The number of carbonyl (C=O) groups excluding carboxylic acids is 1. The van der Waals surface area contributed by atoms with Gasteiger partial charge in [-0.15, -0.1) is 22.0 Å². The van der Waals surface area contributed by atoms with Gasteiger partial charge in [-0.25, -0.2) is 0 Å². The fourth-order valence-corrected chi connectivity index (χ4v) is 4.87. The second-order valence-corrected chi connectivity index (χ2v) is 9.78. The molecule has 0 radical (unpaired) electrons. The minimum absolute atomic E-state index is 0.0693. The molecule has 1 amide bonds. The largest absolute Gasteiger partial charge is 0.325 e. The summed E-state index contributed by atoms with van der Waals surface area (Å²) in [7, 11) is 0. The van der Waals surface area contributed by atoms with Gasteiger partial charge in [0, 0.05) is 16.3 Å². The number of nitrogens with zero attached hydrogens (tertiary/aromatic N) is 3. The molecule has 0 bridgehead atoms. The minimum atomic E-state index is -0.0693. The Morgan fingerprint density at radius 3 is 2.21 bits per heavy atom. The van der Waals surface area contributed by atoms with Crippen molar-refractivity contribution < 1.29 is 4.79 Å². The quantitative estimate of drug-likeness (QED) is 0.284. The molecule has 4 rings (SSSR count). The molecule has 0 aliphatic heterocycles. The average molecular weight is 475 g/mol. The lowest BCUT2D eigenvalue weighted by Crippen LogP contribution is -2.14. The number of benzene rings is 3. The molecule has 33 heavy (non-hydrogen) atoms. The fourth-order valence-electron chi connectivity index (χ4n) is 3.27. The number of thioether (sulfide) groups is 2. The van der Waals surface area contributed by atoms with E-state index in [-0.39, 0.29) is 11.7 Å². The van der Waals surface area contributed by atoms with Crippen LogP contribution in [0.25, 0.3) is 5.69 Å². The molecule has 1 aromatic heterocycles. The van der Waals surface area contributed by atoms with Crippen LogP contribution >= 0.6 is 23.5 Å². The van der Waals surface area contributed by atoms with Crippen LogP contribution < -0.4 is 5.32 Å². The number of hydrogen-bond acceptors (Lipinski definition) is 5. The van der Waals surface area contributed by atoms with Crippen LogP contribution in [0.1, 0.15) is 31.2 Å².